The quantitative estimate of drug-likeness (QED) is 0.833. The number of carbonyl (C=O) groups is 2. The molecule has 2 N–H and O–H groups in total. The van der Waals surface area contributed by atoms with Crippen LogP contribution in [0.3, 0.4) is 0 Å². The lowest BCUT2D eigenvalue weighted by atomic mass is 9.79. The standard InChI is InChI=1S/C14H16ClN3O3/c15-14-16-6-9(13(20)21)12(18-14)17-10-4-8-3-1-2-7(10)5-11(8)19/h6-8,10H,1-5H2,(H,20,21)(H,16,17,18). The Morgan fingerprint density at radius 2 is 2.24 bits per heavy atom. The lowest BCUT2D eigenvalue weighted by Gasteiger charge is -2.32. The number of halogens is 1. The Morgan fingerprint density at radius 3 is 3.00 bits per heavy atom. The maximum atomic E-state index is 11.9. The molecule has 0 amide bonds. The van der Waals surface area contributed by atoms with Crippen molar-refractivity contribution in [2.45, 2.75) is 38.1 Å². The van der Waals surface area contributed by atoms with Crippen molar-refractivity contribution in [3.63, 3.8) is 0 Å². The maximum absolute atomic E-state index is 11.9. The first-order valence-electron chi connectivity index (χ1n) is 7.09. The van der Waals surface area contributed by atoms with E-state index in [1.54, 1.807) is 0 Å². The summed E-state index contributed by atoms with van der Waals surface area (Å²) < 4.78 is 0. The molecule has 3 aliphatic rings. The summed E-state index contributed by atoms with van der Waals surface area (Å²) in [6.07, 6.45) is 5.49. The minimum absolute atomic E-state index is 0.00541. The predicted octanol–water partition coefficient (Wildman–Crippen LogP) is 2.39. The van der Waals surface area contributed by atoms with Crippen LogP contribution in [0, 0.1) is 11.8 Å². The summed E-state index contributed by atoms with van der Waals surface area (Å²) in [5, 5.41) is 12.4. The van der Waals surface area contributed by atoms with Gasteiger partial charge in [-0.1, -0.05) is 6.42 Å². The van der Waals surface area contributed by atoms with E-state index in [-0.39, 0.29) is 34.5 Å². The molecule has 0 spiro atoms. The van der Waals surface area contributed by atoms with Crippen LogP contribution in [0.5, 0.6) is 0 Å². The lowest BCUT2D eigenvalue weighted by Crippen LogP contribution is -2.38. The van der Waals surface area contributed by atoms with Crippen LogP contribution in [0.1, 0.15) is 42.5 Å². The molecule has 2 bridgehead atoms. The zero-order valence-electron chi connectivity index (χ0n) is 11.4. The van der Waals surface area contributed by atoms with Crippen molar-refractivity contribution in [1.82, 2.24) is 9.97 Å². The van der Waals surface area contributed by atoms with Gasteiger partial charge in [0.05, 0.1) is 0 Å². The predicted molar refractivity (Wildman–Crippen MR) is 76.5 cm³/mol. The highest BCUT2D eigenvalue weighted by atomic mass is 35.5. The van der Waals surface area contributed by atoms with Crippen LogP contribution in [0.2, 0.25) is 5.28 Å². The Morgan fingerprint density at radius 1 is 1.43 bits per heavy atom. The van der Waals surface area contributed by atoms with Gasteiger partial charge in [0.2, 0.25) is 5.28 Å². The highest BCUT2D eigenvalue weighted by Crippen LogP contribution is 2.38. The molecule has 3 fully saturated rings. The van der Waals surface area contributed by atoms with Crippen LogP contribution in [-0.4, -0.2) is 32.9 Å². The summed E-state index contributed by atoms with van der Waals surface area (Å²) in [5.74, 6) is -0.176. The van der Waals surface area contributed by atoms with Crippen molar-refractivity contribution in [3.8, 4) is 0 Å². The maximum Gasteiger partial charge on any atom is 0.341 e. The molecule has 112 valence electrons. The number of anilines is 1. The first-order chi connectivity index (χ1) is 10.0. The number of carboxylic acid groups (broad SMARTS) is 1. The fraction of sp³-hybridized carbons (Fsp3) is 0.571. The van der Waals surface area contributed by atoms with E-state index in [1.807, 2.05) is 0 Å². The fourth-order valence-corrected chi connectivity index (χ4v) is 3.52. The average Bonchev–Trinajstić information content (AvgIpc) is 2.71. The number of aromatic nitrogens is 2. The molecule has 0 aliphatic heterocycles. The zero-order chi connectivity index (χ0) is 15.0. The lowest BCUT2D eigenvalue weighted by molar-refractivity contribution is -0.125. The van der Waals surface area contributed by atoms with Crippen LogP contribution >= 0.6 is 11.6 Å². The zero-order valence-corrected chi connectivity index (χ0v) is 12.1. The fourth-order valence-electron chi connectivity index (χ4n) is 3.39. The number of carboxylic acids is 1. The number of rotatable bonds is 3. The van der Waals surface area contributed by atoms with E-state index in [0.29, 0.717) is 12.2 Å². The van der Waals surface area contributed by atoms with Gasteiger partial charge in [0.15, 0.2) is 0 Å². The first-order valence-corrected chi connectivity index (χ1v) is 7.47. The Balaban J connectivity index is 1.85. The van der Waals surface area contributed by atoms with E-state index in [2.05, 4.69) is 15.3 Å². The summed E-state index contributed by atoms with van der Waals surface area (Å²) in [7, 11) is 0. The van der Waals surface area contributed by atoms with Crippen LogP contribution in [-0.2, 0) is 4.79 Å². The highest BCUT2D eigenvalue weighted by Gasteiger charge is 2.38. The summed E-state index contributed by atoms with van der Waals surface area (Å²) >= 11 is 5.76. The molecule has 1 aromatic rings. The Hall–Kier alpha value is -1.69. The molecule has 21 heavy (non-hydrogen) atoms. The van der Waals surface area contributed by atoms with Crippen molar-refractivity contribution in [2.24, 2.45) is 11.8 Å². The molecule has 3 atom stereocenters. The number of aromatic carboxylic acids is 1. The average molecular weight is 310 g/mol. The number of carbonyl (C=O) groups excluding carboxylic acids is 1. The highest BCUT2D eigenvalue weighted by molar-refractivity contribution is 6.28. The van der Waals surface area contributed by atoms with Crippen LogP contribution in [0.25, 0.3) is 0 Å². The second-order valence-corrected chi connectivity index (χ2v) is 6.09. The molecule has 1 heterocycles. The molecule has 0 radical (unpaired) electrons. The minimum atomic E-state index is -1.09. The van der Waals surface area contributed by atoms with Gasteiger partial charge in [-0.05, 0) is 36.8 Å². The van der Waals surface area contributed by atoms with Gasteiger partial charge < -0.3 is 10.4 Å². The summed E-state index contributed by atoms with van der Waals surface area (Å²) in [6.45, 7) is 0. The first kappa shape index (κ1) is 14.3. The second-order valence-electron chi connectivity index (χ2n) is 5.75. The molecule has 1 aromatic heterocycles. The Bertz CT molecular complexity index is 593. The third kappa shape index (κ3) is 2.85. The molecule has 3 aliphatic carbocycles. The van der Waals surface area contributed by atoms with E-state index in [4.69, 9.17) is 11.6 Å². The molecule has 0 saturated heterocycles. The molecular formula is C14H16ClN3O3. The van der Waals surface area contributed by atoms with Gasteiger partial charge in [-0.2, -0.15) is 4.98 Å². The largest absolute Gasteiger partial charge is 0.477 e. The van der Waals surface area contributed by atoms with Gasteiger partial charge >= 0.3 is 5.97 Å². The van der Waals surface area contributed by atoms with Crippen molar-refractivity contribution in [2.75, 3.05) is 5.32 Å². The molecule has 3 saturated carbocycles. The third-order valence-corrected chi connectivity index (χ3v) is 4.65. The van der Waals surface area contributed by atoms with E-state index in [0.717, 1.165) is 25.7 Å². The second kappa shape index (κ2) is 5.60. The van der Waals surface area contributed by atoms with Crippen molar-refractivity contribution in [3.05, 3.63) is 17.0 Å². The van der Waals surface area contributed by atoms with Gasteiger partial charge in [-0.15, -0.1) is 0 Å². The topological polar surface area (TPSA) is 92.2 Å². The number of hydrogen-bond acceptors (Lipinski definition) is 5. The van der Waals surface area contributed by atoms with Crippen molar-refractivity contribution >= 4 is 29.2 Å². The van der Waals surface area contributed by atoms with E-state index in [9.17, 15) is 14.7 Å². The van der Waals surface area contributed by atoms with Gasteiger partial charge in [0.1, 0.15) is 17.2 Å². The van der Waals surface area contributed by atoms with Crippen LogP contribution in [0.4, 0.5) is 5.82 Å². The Kier molecular flexibility index (Phi) is 3.80. The van der Waals surface area contributed by atoms with E-state index >= 15 is 0 Å². The number of ketones is 1. The van der Waals surface area contributed by atoms with Gasteiger partial charge in [0.25, 0.3) is 0 Å². The number of nitrogens with one attached hydrogen (secondary N) is 1. The summed E-state index contributed by atoms with van der Waals surface area (Å²) in [4.78, 5) is 30.9. The molecule has 6 nitrogen and oxygen atoms in total. The number of nitrogens with zero attached hydrogens (tertiary/aromatic N) is 2. The Labute approximate surface area is 126 Å². The summed E-state index contributed by atoms with van der Waals surface area (Å²) in [6, 6.07) is 0.0688. The van der Waals surface area contributed by atoms with Gasteiger partial charge in [0, 0.05) is 24.6 Å². The van der Waals surface area contributed by atoms with Crippen molar-refractivity contribution in [1.29, 1.82) is 0 Å². The van der Waals surface area contributed by atoms with Crippen molar-refractivity contribution < 1.29 is 14.7 Å². The normalized spacial score (nSPS) is 28.2. The molecule has 7 heteroatoms. The molecular weight excluding hydrogens is 294 g/mol. The smallest absolute Gasteiger partial charge is 0.341 e. The molecule has 0 aromatic carbocycles. The monoisotopic (exact) mass is 309 g/mol. The third-order valence-electron chi connectivity index (χ3n) is 4.47. The molecule has 4 rings (SSSR count). The van der Waals surface area contributed by atoms with Gasteiger partial charge in [-0.3, -0.25) is 4.79 Å². The SMILES string of the molecule is O=C(O)c1cnc(Cl)nc1NC1CC2CCCC1CC2=O. The minimum Gasteiger partial charge on any atom is -0.477 e. The van der Waals surface area contributed by atoms with Crippen LogP contribution in [0.15, 0.2) is 6.20 Å². The van der Waals surface area contributed by atoms with E-state index < -0.39 is 5.97 Å². The summed E-state index contributed by atoms with van der Waals surface area (Å²) in [5.41, 5.74) is 0.00541. The molecule has 3 unspecified atom stereocenters. The number of fused-ring (bicyclic) bond motifs is 4. The van der Waals surface area contributed by atoms with Gasteiger partial charge in [-0.25, -0.2) is 9.78 Å². The number of Topliss-reactive ketones (excluding diaryl/α,β-unsaturated/α-hetero) is 1. The number of hydrogen-bond donors (Lipinski definition) is 2. The van der Waals surface area contributed by atoms with E-state index in [1.165, 1.54) is 6.20 Å². The van der Waals surface area contributed by atoms with Crippen LogP contribution < -0.4 is 5.32 Å².